The van der Waals surface area contributed by atoms with Gasteiger partial charge < -0.3 is 14.5 Å². The number of hydrogen-bond donors (Lipinski definition) is 1. The molecule has 0 unspecified atom stereocenters. The molecule has 0 aliphatic rings. The maximum absolute atomic E-state index is 9.06. The predicted octanol–water partition coefficient (Wildman–Crippen LogP) is -0.181. The highest BCUT2D eigenvalue weighted by Crippen LogP contribution is 1.97. The Morgan fingerprint density at radius 1 is 1.36 bits per heavy atom. The maximum Gasteiger partial charge on any atom is 0.305 e. The van der Waals surface area contributed by atoms with E-state index >= 15 is 0 Å². The molecular weight excluding hydrogens is 179 g/mol. The maximum atomic E-state index is 9.06. The van der Waals surface area contributed by atoms with Crippen molar-refractivity contribution in [3.8, 4) is 0 Å². The topological polar surface area (TPSA) is 38.7 Å². The minimum Gasteiger partial charge on any atom is -0.449 e. The molecule has 0 saturated carbocycles. The molecule has 3 nitrogen and oxygen atoms in total. The average Bonchev–Trinajstić information content (AvgIpc) is 2.25. The van der Waals surface area contributed by atoms with Gasteiger partial charge in [0.05, 0.1) is 6.61 Å². The first kappa shape index (κ1) is 11.2. The van der Waals surface area contributed by atoms with E-state index in [1.165, 1.54) is 0 Å². The van der Waals surface area contributed by atoms with E-state index < -0.39 is 0 Å². The van der Waals surface area contributed by atoms with Crippen LogP contribution >= 0.6 is 0 Å². The highest BCUT2D eigenvalue weighted by atomic mass is 16.7. The van der Waals surface area contributed by atoms with E-state index in [4.69, 9.17) is 14.5 Å². The van der Waals surface area contributed by atoms with E-state index in [1.807, 2.05) is 24.3 Å². The number of ether oxygens (including phenoxy) is 2. The average molecular weight is 194 g/mol. The number of rotatable bonds is 6. The Bertz CT molecular complexity index is 265. The van der Waals surface area contributed by atoms with Crippen molar-refractivity contribution in [3.63, 3.8) is 0 Å². The monoisotopic (exact) mass is 194 g/mol. The highest BCUT2D eigenvalue weighted by Gasteiger charge is 2.00. The van der Waals surface area contributed by atoms with Gasteiger partial charge in [-0.1, -0.05) is 24.3 Å². The molecule has 0 aliphatic heterocycles. The molecule has 1 aromatic carbocycles. The van der Waals surface area contributed by atoms with Crippen molar-refractivity contribution in [1.29, 1.82) is 0 Å². The van der Waals surface area contributed by atoms with E-state index in [1.54, 1.807) is 7.11 Å². The molecule has 0 heterocycles. The predicted molar refractivity (Wildman–Crippen MR) is 57.0 cm³/mol. The van der Waals surface area contributed by atoms with Crippen LogP contribution in [0.5, 0.6) is 0 Å². The first-order chi connectivity index (χ1) is 6.88. The van der Waals surface area contributed by atoms with Crippen LogP contribution in [0.2, 0.25) is 0 Å². The lowest BCUT2D eigenvalue weighted by Crippen LogP contribution is -2.20. The van der Waals surface area contributed by atoms with Gasteiger partial charge in [-0.3, -0.25) is 0 Å². The van der Waals surface area contributed by atoms with E-state index in [2.05, 4.69) is 0 Å². The van der Waals surface area contributed by atoms with Crippen LogP contribution in [0.3, 0.4) is 0 Å². The molecule has 0 aromatic heterocycles. The summed E-state index contributed by atoms with van der Waals surface area (Å²) in [4.78, 5) is 0. The summed E-state index contributed by atoms with van der Waals surface area (Å²) in [5, 5.41) is 9.06. The standard InChI is InChI=1S/C10H15BO3/c1-13-8-14-7-6-9-4-2-3-5-10(9)11-12/h2-5,11-12H,6-8H2,1H3. The van der Waals surface area contributed by atoms with Gasteiger partial charge in [-0.25, -0.2) is 0 Å². The van der Waals surface area contributed by atoms with E-state index in [-0.39, 0.29) is 7.48 Å². The normalized spacial score (nSPS) is 10.1. The summed E-state index contributed by atoms with van der Waals surface area (Å²) in [6, 6.07) is 7.81. The summed E-state index contributed by atoms with van der Waals surface area (Å²) in [6.07, 6.45) is 0.806. The summed E-state index contributed by atoms with van der Waals surface area (Å²) in [5.74, 6) is 0. The van der Waals surface area contributed by atoms with E-state index in [0.29, 0.717) is 13.4 Å². The zero-order valence-electron chi connectivity index (χ0n) is 8.40. The van der Waals surface area contributed by atoms with Crippen molar-refractivity contribution < 1.29 is 14.5 Å². The van der Waals surface area contributed by atoms with Gasteiger partial charge in [-0.05, 0) is 17.4 Å². The number of methoxy groups -OCH3 is 1. The number of benzene rings is 1. The molecule has 0 spiro atoms. The van der Waals surface area contributed by atoms with Crippen LogP contribution in [-0.2, 0) is 15.9 Å². The Labute approximate surface area is 84.9 Å². The SMILES string of the molecule is COCOCCc1ccccc1BO. The third kappa shape index (κ3) is 3.50. The lowest BCUT2D eigenvalue weighted by atomic mass is 9.83. The van der Waals surface area contributed by atoms with Crippen LogP contribution in [0.1, 0.15) is 5.56 Å². The van der Waals surface area contributed by atoms with Crippen LogP contribution in [0, 0.1) is 0 Å². The molecule has 4 heteroatoms. The number of hydrogen-bond acceptors (Lipinski definition) is 3. The van der Waals surface area contributed by atoms with Crippen molar-refractivity contribution in [2.24, 2.45) is 0 Å². The molecule has 0 radical (unpaired) electrons. The van der Waals surface area contributed by atoms with Gasteiger partial charge in [0, 0.05) is 7.11 Å². The summed E-state index contributed by atoms with van der Waals surface area (Å²) in [6.45, 7) is 0.937. The van der Waals surface area contributed by atoms with E-state index in [9.17, 15) is 0 Å². The van der Waals surface area contributed by atoms with Crippen LogP contribution in [0.15, 0.2) is 24.3 Å². The zero-order valence-corrected chi connectivity index (χ0v) is 8.40. The van der Waals surface area contributed by atoms with Crippen molar-refractivity contribution >= 4 is 12.9 Å². The molecule has 76 valence electrons. The Balaban J connectivity index is 2.41. The summed E-state index contributed by atoms with van der Waals surface area (Å²) in [5.41, 5.74) is 2.10. The van der Waals surface area contributed by atoms with Gasteiger partial charge >= 0.3 is 7.48 Å². The smallest absolute Gasteiger partial charge is 0.305 e. The Morgan fingerprint density at radius 2 is 2.14 bits per heavy atom. The van der Waals surface area contributed by atoms with Crippen molar-refractivity contribution in [2.75, 3.05) is 20.5 Å². The van der Waals surface area contributed by atoms with Crippen LogP contribution in [0.4, 0.5) is 0 Å². The first-order valence-electron chi connectivity index (χ1n) is 4.62. The van der Waals surface area contributed by atoms with Gasteiger partial charge in [0.2, 0.25) is 0 Å². The molecule has 0 saturated heterocycles. The molecule has 0 atom stereocenters. The fraction of sp³-hybridized carbons (Fsp3) is 0.400. The van der Waals surface area contributed by atoms with Gasteiger partial charge in [0.15, 0.2) is 0 Å². The van der Waals surface area contributed by atoms with Crippen molar-refractivity contribution in [3.05, 3.63) is 29.8 Å². The van der Waals surface area contributed by atoms with Gasteiger partial charge in [-0.2, -0.15) is 0 Å². The molecule has 1 rings (SSSR count). The second-order valence-corrected chi connectivity index (χ2v) is 2.99. The molecule has 0 amide bonds. The third-order valence-electron chi connectivity index (χ3n) is 2.01. The summed E-state index contributed by atoms with van der Waals surface area (Å²) in [7, 11) is 1.68. The highest BCUT2D eigenvalue weighted by molar-refractivity contribution is 6.46. The molecule has 14 heavy (non-hydrogen) atoms. The van der Waals surface area contributed by atoms with Crippen LogP contribution < -0.4 is 5.46 Å². The Kier molecular flexibility index (Phi) is 5.29. The second kappa shape index (κ2) is 6.59. The quantitative estimate of drug-likeness (QED) is 0.387. The molecule has 1 aromatic rings. The molecule has 0 fully saturated rings. The zero-order chi connectivity index (χ0) is 10.2. The fourth-order valence-corrected chi connectivity index (χ4v) is 1.28. The summed E-state index contributed by atoms with van der Waals surface area (Å²) >= 11 is 0. The molecular formula is C10H15BO3. The van der Waals surface area contributed by atoms with Crippen molar-refractivity contribution in [2.45, 2.75) is 6.42 Å². The molecule has 0 aliphatic carbocycles. The van der Waals surface area contributed by atoms with Crippen LogP contribution in [-0.4, -0.2) is 33.0 Å². The minimum atomic E-state index is 0.0838. The fourth-order valence-electron chi connectivity index (χ4n) is 1.28. The first-order valence-corrected chi connectivity index (χ1v) is 4.62. The van der Waals surface area contributed by atoms with E-state index in [0.717, 1.165) is 17.4 Å². The lowest BCUT2D eigenvalue weighted by molar-refractivity contribution is -0.0291. The minimum absolute atomic E-state index is 0.0838. The van der Waals surface area contributed by atoms with Crippen LogP contribution in [0.25, 0.3) is 0 Å². The molecule has 1 N–H and O–H groups in total. The van der Waals surface area contributed by atoms with Gasteiger partial charge in [-0.15, -0.1) is 0 Å². The third-order valence-corrected chi connectivity index (χ3v) is 2.01. The Morgan fingerprint density at radius 3 is 2.86 bits per heavy atom. The Hall–Kier alpha value is -0.835. The van der Waals surface area contributed by atoms with Gasteiger partial charge in [0.25, 0.3) is 0 Å². The van der Waals surface area contributed by atoms with Crippen molar-refractivity contribution in [1.82, 2.24) is 0 Å². The van der Waals surface area contributed by atoms with Gasteiger partial charge in [0.1, 0.15) is 6.79 Å². The molecule has 0 bridgehead atoms. The second-order valence-electron chi connectivity index (χ2n) is 2.99. The summed E-state index contributed by atoms with van der Waals surface area (Å²) < 4.78 is 9.95. The largest absolute Gasteiger partial charge is 0.449 e. The lowest BCUT2D eigenvalue weighted by Gasteiger charge is -2.06.